The van der Waals surface area contributed by atoms with Gasteiger partial charge in [-0.1, -0.05) is 18.2 Å². The zero-order valence-corrected chi connectivity index (χ0v) is 11.9. The van der Waals surface area contributed by atoms with Crippen molar-refractivity contribution in [1.29, 1.82) is 0 Å². The number of ether oxygens (including phenoxy) is 1. The molecule has 108 valence electrons. The van der Waals surface area contributed by atoms with Gasteiger partial charge in [0.25, 0.3) is 0 Å². The summed E-state index contributed by atoms with van der Waals surface area (Å²) >= 11 is 0. The van der Waals surface area contributed by atoms with Crippen LogP contribution in [0.2, 0.25) is 0 Å². The first kappa shape index (κ1) is 13.6. The lowest BCUT2D eigenvalue weighted by atomic mass is 10.0. The highest BCUT2D eigenvalue weighted by molar-refractivity contribution is 5.84. The molecule has 2 aromatic rings. The lowest BCUT2D eigenvalue weighted by molar-refractivity contribution is 0.0149. The normalized spacial score (nSPS) is 18.5. The van der Waals surface area contributed by atoms with Crippen molar-refractivity contribution in [3.8, 4) is 0 Å². The zero-order valence-electron chi connectivity index (χ0n) is 11.9. The topological polar surface area (TPSA) is 48.5 Å². The standard InChI is InChI=1S/C16H22N2O2/c1-12-15(14-4-2-3-5-16(14)17-12)10-13(19)11-18-6-8-20-9-7-18/h2-5,13,17,19H,6-11H2,1H3. The number of morpholine rings is 1. The fourth-order valence-corrected chi connectivity index (χ4v) is 2.98. The minimum atomic E-state index is -0.328. The Kier molecular flexibility index (Phi) is 4.05. The highest BCUT2D eigenvalue weighted by Gasteiger charge is 2.17. The summed E-state index contributed by atoms with van der Waals surface area (Å²) in [6.07, 6.45) is 0.374. The van der Waals surface area contributed by atoms with E-state index in [9.17, 15) is 5.11 Å². The second kappa shape index (κ2) is 5.95. The van der Waals surface area contributed by atoms with Crippen molar-refractivity contribution in [2.75, 3.05) is 32.8 Å². The van der Waals surface area contributed by atoms with E-state index >= 15 is 0 Å². The number of nitrogens with zero attached hydrogens (tertiary/aromatic N) is 1. The second-order valence-corrected chi connectivity index (χ2v) is 5.55. The summed E-state index contributed by atoms with van der Waals surface area (Å²) in [7, 11) is 0. The maximum absolute atomic E-state index is 10.4. The number of aryl methyl sites for hydroxylation is 1. The van der Waals surface area contributed by atoms with Crippen LogP contribution in [-0.4, -0.2) is 53.9 Å². The number of aromatic nitrogens is 1. The third kappa shape index (κ3) is 2.87. The summed E-state index contributed by atoms with van der Waals surface area (Å²) in [6.45, 7) is 6.20. The van der Waals surface area contributed by atoms with Gasteiger partial charge in [0.1, 0.15) is 0 Å². The molecule has 3 rings (SSSR count). The number of H-pyrrole nitrogens is 1. The Morgan fingerprint density at radius 3 is 2.85 bits per heavy atom. The van der Waals surface area contributed by atoms with Crippen LogP contribution in [-0.2, 0) is 11.2 Å². The van der Waals surface area contributed by atoms with Crippen molar-refractivity contribution in [2.45, 2.75) is 19.4 Å². The van der Waals surface area contributed by atoms with Gasteiger partial charge in [-0.05, 0) is 18.6 Å². The molecule has 2 N–H and O–H groups in total. The smallest absolute Gasteiger partial charge is 0.0708 e. The number of β-amino-alcohol motifs (C(OH)–C–C–N with tert-alkyl or cyclic N) is 1. The molecule has 0 spiro atoms. The lowest BCUT2D eigenvalue weighted by Gasteiger charge is -2.28. The molecular weight excluding hydrogens is 252 g/mol. The molecule has 0 radical (unpaired) electrons. The summed E-state index contributed by atoms with van der Waals surface area (Å²) in [6, 6.07) is 8.29. The van der Waals surface area contributed by atoms with Gasteiger partial charge in [-0.2, -0.15) is 0 Å². The fraction of sp³-hybridized carbons (Fsp3) is 0.500. The van der Waals surface area contributed by atoms with Crippen LogP contribution in [0.4, 0.5) is 0 Å². The van der Waals surface area contributed by atoms with Gasteiger partial charge < -0.3 is 14.8 Å². The molecule has 1 unspecified atom stereocenters. The number of aliphatic hydroxyl groups is 1. The van der Waals surface area contributed by atoms with Gasteiger partial charge in [-0.3, -0.25) is 4.90 Å². The van der Waals surface area contributed by atoms with Crippen LogP contribution in [0.25, 0.3) is 10.9 Å². The molecular formula is C16H22N2O2. The van der Waals surface area contributed by atoms with E-state index in [4.69, 9.17) is 4.74 Å². The van der Waals surface area contributed by atoms with Crippen molar-refractivity contribution in [3.63, 3.8) is 0 Å². The Morgan fingerprint density at radius 1 is 1.30 bits per heavy atom. The lowest BCUT2D eigenvalue weighted by Crippen LogP contribution is -2.41. The molecule has 1 aromatic heterocycles. The highest BCUT2D eigenvalue weighted by atomic mass is 16.5. The Balaban J connectivity index is 1.70. The van der Waals surface area contributed by atoms with E-state index in [0.717, 1.165) is 44.1 Å². The number of aromatic amines is 1. The summed E-state index contributed by atoms with van der Waals surface area (Å²) in [4.78, 5) is 5.67. The Hall–Kier alpha value is -1.36. The van der Waals surface area contributed by atoms with Gasteiger partial charge in [-0.15, -0.1) is 0 Å². The molecule has 1 fully saturated rings. The number of fused-ring (bicyclic) bond motifs is 1. The van der Waals surface area contributed by atoms with Crippen molar-refractivity contribution in [3.05, 3.63) is 35.5 Å². The van der Waals surface area contributed by atoms with Crippen molar-refractivity contribution in [1.82, 2.24) is 9.88 Å². The highest BCUT2D eigenvalue weighted by Crippen LogP contribution is 2.23. The van der Waals surface area contributed by atoms with E-state index < -0.39 is 0 Å². The fourth-order valence-electron chi connectivity index (χ4n) is 2.98. The van der Waals surface area contributed by atoms with Crippen LogP contribution < -0.4 is 0 Å². The third-order valence-corrected chi connectivity index (χ3v) is 4.04. The predicted octanol–water partition coefficient (Wildman–Crippen LogP) is 1.71. The van der Waals surface area contributed by atoms with Crippen LogP contribution in [0.3, 0.4) is 0 Å². The average Bonchev–Trinajstić information content (AvgIpc) is 2.76. The molecule has 2 heterocycles. The van der Waals surface area contributed by atoms with E-state index in [-0.39, 0.29) is 6.10 Å². The number of para-hydroxylation sites is 1. The summed E-state index contributed by atoms with van der Waals surface area (Å²) in [5, 5.41) is 11.6. The zero-order chi connectivity index (χ0) is 13.9. The maximum atomic E-state index is 10.4. The molecule has 1 aliphatic rings. The van der Waals surface area contributed by atoms with Crippen LogP contribution in [0.15, 0.2) is 24.3 Å². The van der Waals surface area contributed by atoms with Crippen LogP contribution in [0.5, 0.6) is 0 Å². The molecule has 0 amide bonds. The summed E-state index contributed by atoms with van der Waals surface area (Å²) in [5.74, 6) is 0. The SMILES string of the molecule is Cc1[nH]c2ccccc2c1CC(O)CN1CCOCC1. The molecule has 0 saturated carbocycles. The van der Waals surface area contributed by atoms with E-state index in [1.807, 2.05) is 12.1 Å². The molecule has 20 heavy (non-hydrogen) atoms. The van der Waals surface area contributed by atoms with Gasteiger partial charge in [0.05, 0.1) is 19.3 Å². The number of hydrogen-bond donors (Lipinski definition) is 2. The first-order chi connectivity index (χ1) is 9.74. The largest absolute Gasteiger partial charge is 0.391 e. The molecule has 0 bridgehead atoms. The van der Waals surface area contributed by atoms with Crippen molar-refractivity contribution < 1.29 is 9.84 Å². The number of hydrogen-bond acceptors (Lipinski definition) is 3. The molecule has 4 heteroatoms. The van der Waals surface area contributed by atoms with Gasteiger partial charge in [-0.25, -0.2) is 0 Å². The summed E-state index contributed by atoms with van der Waals surface area (Å²) in [5.41, 5.74) is 3.55. The van der Waals surface area contributed by atoms with Crippen LogP contribution in [0.1, 0.15) is 11.3 Å². The molecule has 1 aromatic carbocycles. The quantitative estimate of drug-likeness (QED) is 0.892. The predicted molar refractivity (Wildman–Crippen MR) is 80.0 cm³/mol. The van der Waals surface area contributed by atoms with Crippen molar-refractivity contribution in [2.24, 2.45) is 0 Å². The minimum absolute atomic E-state index is 0.328. The van der Waals surface area contributed by atoms with E-state index in [0.29, 0.717) is 6.42 Å². The van der Waals surface area contributed by atoms with Gasteiger partial charge in [0.2, 0.25) is 0 Å². The van der Waals surface area contributed by atoms with Gasteiger partial charge in [0, 0.05) is 42.7 Å². The van der Waals surface area contributed by atoms with Crippen LogP contribution >= 0.6 is 0 Å². The maximum Gasteiger partial charge on any atom is 0.0708 e. The summed E-state index contributed by atoms with van der Waals surface area (Å²) < 4.78 is 5.34. The molecule has 4 nitrogen and oxygen atoms in total. The van der Waals surface area contributed by atoms with Crippen LogP contribution in [0, 0.1) is 6.92 Å². The molecule has 1 atom stereocenters. The Bertz CT molecular complexity index is 573. The Labute approximate surface area is 119 Å². The number of benzene rings is 1. The third-order valence-electron chi connectivity index (χ3n) is 4.04. The van der Waals surface area contributed by atoms with Crippen molar-refractivity contribution >= 4 is 10.9 Å². The van der Waals surface area contributed by atoms with E-state index in [1.165, 1.54) is 10.9 Å². The van der Waals surface area contributed by atoms with E-state index in [1.54, 1.807) is 0 Å². The first-order valence-electron chi connectivity index (χ1n) is 7.28. The minimum Gasteiger partial charge on any atom is -0.391 e. The first-order valence-corrected chi connectivity index (χ1v) is 7.28. The Morgan fingerprint density at radius 2 is 2.05 bits per heavy atom. The van der Waals surface area contributed by atoms with Gasteiger partial charge >= 0.3 is 0 Å². The average molecular weight is 274 g/mol. The molecule has 0 aliphatic carbocycles. The number of rotatable bonds is 4. The number of nitrogens with one attached hydrogen (secondary N) is 1. The second-order valence-electron chi connectivity index (χ2n) is 5.55. The molecule has 1 saturated heterocycles. The van der Waals surface area contributed by atoms with Gasteiger partial charge in [0.15, 0.2) is 0 Å². The van der Waals surface area contributed by atoms with E-state index in [2.05, 4.69) is 28.9 Å². The molecule has 1 aliphatic heterocycles. The monoisotopic (exact) mass is 274 g/mol. The number of aliphatic hydroxyl groups excluding tert-OH is 1.